The third-order valence-electron chi connectivity index (χ3n) is 4.19. The van der Waals surface area contributed by atoms with Crippen LogP contribution in [-0.2, 0) is 6.54 Å². The van der Waals surface area contributed by atoms with Crippen molar-refractivity contribution in [3.8, 4) is 0 Å². The van der Waals surface area contributed by atoms with Crippen LogP contribution < -0.4 is 0 Å². The molecule has 4 rings (SSSR count). The van der Waals surface area contributed by atoms with Crippen LogP contribution >= 0.6 is 0 Å². The summed E-state index contributed by atoms with van der Waals surface area (Å²) in [5.41, 5.74) is 1.37. The Morgan fingerprint density at radius 2 is 2.00 bits per heavy atom. The number of hydrogen-bond donors (Lipinski definition) is 1. The first-order valence-electron chi connectivity index (χ1n) is 6.40. The smallest absolute Gasteiger partial charge is 0.0723 e. The van der Waals surface area contributed by atoms with Gasteiger partial charge in [0.05, 0.1) is 6.10 Å². The van der Waals surface area contributed by atoms with Crippen molar-refractivity contribution in [3.63, 3.8) is 0 Å². The average Bonchev–Trinajstić information content (AvgIpc) is 2.32. The van der Waals surface area contributed by atoms with Gasteiger partial charge >= 0.3 is 0 Å². The highest BCUT2D eigenvalue weighted by molar-refractivity contribution is 5.15. The van der Waals surface area contributed by atoms with E-state index in [9.17, 15) is 5.11 Å². The maximum Gasteiger partial charge on any atom is 0.0723 e. The predicted molar refractivity (Wildman–Crippen MR) is 67.7 cm³/mol. The van der Waals surface area contributed by atoms with Gasteiger partial charge in [-0.2, -0.15) is 0 Å². The third kappa shape index (κ3) is 2.10. The number of aliphatic hydroxyl groups is 1. The Kier molecular flexibility index (Phi) is 2.90. The molecule has 3 nitrogen and oxygen atoms in total. The molecule has 0 radical (unpaired) electrons. The maximum atomic E-state index is 9.99. The fourth-order valence-corrected chi connectivity index (χ4v) is 3.20. The van der Waals surface area contributed by atoms with Gasteiger partial charge in [-0.1, -0.05) is 30.3 Å². The lowest BCUT2D eigenvalue weighted by atomic mass is 9.88. The highest BCUT2D eigenvalue weighted by Gasteiger charge is 2.42. The summed E-state index contributed by atoms with van der Waals surface area (Å²) in [6.07, 6.45) is 0.799. The molecular formula is C14H20N2O. The zero-order chi connectivity index (χ0) is 11.8. The molecule has 0 saturated carbocycles. The SMILES string of the molecule is CN1C[C@@H]2C[C@@H](O)[C@H]1CN2Cc1ccccc1. The number of aliphatic hydroxyl groups excluding tert-OH is 1. The molecule has 3 aliphatic rings. The fourth-order valence-electron chi connectivity index (χ4n) is 3.20. The molecule has 3 heterocycles. The monoisotopic (exact) mass is 232 g/mol. The van der Waals surface area contributed by atoms with Crippen molar-refractivity contribution in [3.05, 3.63) is 35.9 Å². The topological polar surface area (TPSA) is 26.7 Å². The van der Waals surface area contributed by atoms with E-state index in [-0.39, 0.29) is 6.10 Å². The molecule has 0 aliphatic carbocycles. The number of hydrogen-bond acceptors (Lipinski definition) is 3. The molecule has 3 fully saturated rings. The summed E-state index contributed by atoms with van der Waals surface area (Å²) in [6.45, 7) is 3.11. The van der Waals surface area contributed by atoms with E-state index in [0.717, 1.165) is 26.1 Å². The molecule has 3 aliphatic heterocycles. The van der Waals surface area contributed by atoms with Gasteiger partial charge in [0.15, 0.2) is 0 Å². The van der Waals surface area contributed by atoms with Crippen molar-refractivity contribution in [2.45, 2.75) is 31.2 Å². The zero-order valence-corrected chi connectivity index (χ0v) is 10.3. The molecule has 0 aromatic heterocycles. The van der Waals surface area contributed by atoms with Gasteiger partial charge in [-0.15, -0.1) is 0 Å². The number of benzene rings is 1. The lowest BCUT2D eigenvalue weighted by Crippen LogP contribution is -2.66. The number of likely N-dealkylation sites (N-methyl/N-ethyl adjacent to an activating group) is 1. The van der Waals surface area contributed by atoms with E-state index >= 15 is 0 Å². The van der Waals surface area contributed by atoms with E-state index in [1.165, 1.54) is 5.56 Å². The molecule has 1 N–H and O–H groups in total. The van der Waals surface area contributed by atoms with Crippen LogP contribution in [-0.4, -0.2) is 53.2 Å². The lowest BCUT2D eigenvalue weighted by molar-refractivity contribution is -0.0875. The van der Waals surface area contributed by atoms with Crippen molar-refractivity contribution < 1.29 is 5.11 Å². The Bertz CT molecular complexity index is 369. The second kappa shape index (κ2) is 4.41. The molecule has 1 aromatic rings. The Hall–Kier alpha value is -0.900. The summed E-state index contributed by atoms with van der Waals surface area (Å²) < 4.78 is 0. The number of piperidine rings is 2. The third-order valence-corrected chi connectivity index (χ3v) is 4.19. The first-order chi connectivity index (χ1) is 8.24. The predicted octanol–water partition coefficient (Wildman–Crippen LogP) is 0.936. The van der Waals surface area contributed by atoms with Crippen LogP contribution in [0.25, 0.3) is 0 Å². The van der Waals surface area contributed by atoms with Crippen LogP contribution in [0.15, 0.2) is 30.3 Å². The second-order valence-electron chi connectivity index (χ2n) is 5.38. The van der Waals surface area contributed by atoms with Gasteiger partial charge in [-0.3, -0.25) is 9.80 Å². The fraction of sp³-hybridized carbons (Fsp3) is 0.571. The van der Waals surface area contributed by atoms with Crippen LogP contribution in [0.2, 0.25) is 0 Å². The molecule has 92 valence electrons. The molecule has 0 amide bonds. The van der Waals surface area contributed by atoms with Gasteiger partial charge in [0, 0.05) is 31.7 Å². The molecule has 2 bridgehead atoms. The van der Waals surface area contributed by atoms with E-state index in [1.807, 2.05) is 0 Å². The summed E-state index contributed by atoms with van der Waals surface area (Å²) in [7, 11) is 2.12. The molecular weight excluding hydrogens is 212 g/mol. The second-order valence-corrected chi connectivity index (χ2v) is 5.38. The average molecular weight is 232 g/mol. The highest BCUT2D eigenvalue weighted by Crippen LogP contribution is 2.29. The summed E-state index contributed by atoms with van der Waals surface area (Å²) in [5.74, 6) is 0. The van der Waals surface area contributed by atoms with Gasteiger partial charge in [0.1, 0.15) is 0 Å². The summed E-state index contributed by atoms with van der Waals surface area (Å²) in [4.78, 5) is 4.83. The minimum Gasteiger partial charge on any atom is -0.391 e. The Balaban J connectivity index is 1.71. The Morgan fingerprint density at radius 3 is 2.65 bits per heavy atom. The minimum atomic E-state index is -0.134. The number of piperazine rings is 1. The Morgan fingerprint density at radius 1 is 1.24 bits per heavy atom. The number of rotatable bonds is 2. The van der Waals surface area contributed by atoms with Gasteiger partial charge in [-0.05, 0) is 19.0 Å². The van der Waals surface area contributed by atoms with Gasteiger partial charge in [0.25, 0.3) is 0 Å². The molecule has 3 saturated heterocycles. The first kappa shape index (κ1) is 11.2. The number of nitrogens with zero attached hydrogens (tertiary/aromatic N) is 2. The Labute approximate surface area is 103 Å². The number of fused-ring (bicyclic) bond motifs is 3. The van der Waals surface area contributed by atoms with E-state index in [2.05, 4.69) is 47.2 Å². The molecule has 0 spiro atoms. The van der Waals surface area contributed by atoms with E-state index < -0.39 is 0 Å². The van der Waals surface area contributed by atoms with Crippen LogP contribution in [0.5, 0.6) is 0 Å². The van der Waals surface area contributed by atoms with Crippen LogP contribution in [0.4, 0.5) is 0 Å². The van der Waals surface area contributed by atoms with Crippen molar-refractivity contribution in [2.24, 2.45) is 0 Å². The lowest BCUT2D eigenvalue weighted by Gasteiger charge is -2.52. The normalized spacial score (nSPS) is 34.1. The van der Waals surface area contributed by atoms with Crippen molar-refractivity contribution in [1.82, 2.24) is 9.80 Å². The van der Waals surface area contributed by atoms with Crippen molar-refractivity contribution in [1.29, 1.82) is 0 Å². The zero-order valence-electron chi connectivity index (χ0n) is 10.3. The largest absolute Gasteiger partial charge is 0.391 e. The van der Waals surface area contributed by atoms with E-state index in [0.29, 0.717) is 12.1 Å². The van der Waals surface area contributed by atoms with Gasteiger partial charge in [0.2, 0.25) is 0 Å². The maximum absolute atomic E-state index is 9.99. The standard InChI is InChI=1S/C14H20N2O/c1-15-9-12-7-14(17)13(15)10-16(12)8-11-5-3-2-4-6-11/h2-6,12-14,17H,7-10H2,1H3/t12-,13+,14+/m0/s1. The van der Waals surface area contributed by atoms with E-state index in [4.69, 9.17) is 0 Å². The molecule has 3 atom stereocenters. The highest BCUT2D eigenvalue weighted by atomic mass is 16.3. The minimum absolute atomic E-state index is 0.134. The van der Waals surface area contributed by atoms with Crippen LogP contribution in [0.3, 0.4) is 0 Å². The van der Waals surface area contributed by atoms with Crippen molar-refractivity contribution >= 4 is 0 Å². The molecule has 3 heteroatoms. The summed E-state index contributed by atoms with van der Waals surface area (Å²) in [6, 6.07) is 11.5. The van der Waals surface area contributed by atoms with Gasteiger partial charge < -0.3 is 5.11 Å². The van der Waals surface area contributed by atoms with Crippen molar-refractivity contribution in [2.75, 3.05) is 20.1 Å². The van der Waals surface area contributed by atoms with Crippen LogP contribution in [0, 0.1) is 0 Å². The summed E-state index contributed by atoms with van der Waals surface area (Å²) >= 11 is 0. The first-order valence-corrected chi connectivity index (χ1v) is 6.40. The molecule has 1 aromatic carbocycles. The quantitative estimate of drug-likeness (QED) is 0.822. The molecule has 17 heavy (non-hydrogen) atoms. The van der Waals surface area contributed by atoms with Crippen LogP contribution in [0.1, 0.15) is 12.0 Å². The summed E-state index contributed by atoms with van der Waals surface area (Å²) in [5, 5.41) is 9.99. The van der Waals surface area contributed by atoms with Gasteiger partial charge in [-0.25, -0.2) is 0 Å². The van der Waals surface area contributed by atoms with E-state index in [1.54, 1.807) is 0 Å². The molecule has 0 unspecified atom stereocenters.